The first kappa shape index (κ1) is 32.7. The average Bonchev–Trinajstić information content (AvgIpc) is 3.40. The minimum absolute atomic E-state index is 0.247. The second-order valence-corrected chi connectivity index (χ2v) is 12.9. The van der Waals surface area contributed by atoms with E-state index in [2.05, 4.69) is 15.6 Å². The monoisotopic (exact) mass is 721 g/mol. The zero-order valence-corrected chi connectivity index (χ0v) is 27.3. The van der Waals surface area contributed by atoms with Gasteiger partial charge in [0, 0.05) is 26.5 Å². The fraction of sp³-hybridized carbons (Fsp3) is 0.111. The van der Waals surface area contributed by atoms with E-state index in [1.165, 1.54) is 23.1 Å². The van der Waals surface area contributed by atoms with Gasteiger partial charge in [-0.3, -0.25) is 9.59 Å². The molecule has 1 atom stereocenters. The number of rotatable bonds is 9. The van der Waals surface area contributed by atoms with E-state index >= 15 is 0 Å². The Balaban J connectivity index is 1.49. The Morgan fingerprint density at radius 3 is 2.26 bits per heavy atom. The Morgan fingerprint density at radius 2 is 1.62 bits per heavy atom. The van der Waals surface area contributed by atoms with Gasteiger partial charge in [0.15, 0.2) is 5.13 Å². The molecule has 0 aliphatic rings. The third-order valence-corrected chi connectivity index (χ3v) is 10.1. The number of carbonyl (C=O) groups excluding carboxylic acids is 2. The molecule has 0 aliphatic heterocycles. The summed E-state index contributed by atoms with van der Waals surface area (Å²) in [6.45, 7) is 1.87. The molecule has 4 aromatic rings. The summed E-state index contributed by atoms with van der Waals surface area (Å²) in [6.07, 6.45) is 0.494. The van der Waals surface area contributed by atoms with Crippen molar-refractivity contribution in [2.45, 2.75) is 23.5 Å². The van der Waals surface area contributed by atoms with Gasteiger partial charge in [-0.25, -0.2) is 9.78 Å². The molecule has 1 unspecified atom stereocenters. The first-order valence-corrected chi connectivity index (χ1v) is 15.8. The minimum atomic E-state index is -1.50. The molecule has 1 aromatic heterocycles. The Hall–Kier alpha value is -2.21. The fourth-order valence-corrected chi connectivity index (χ4v) is 6.96. The number of benzene rings is 3. The van der Waals surface area contributed by atoms with Crippen LogP contribution >= 0.6 is 92.7 Å². The van der Waals surface area contributed by atoms with Gasteiger partial charge in [-0.15, -0.1) is 23.1 Å². The highest BCUT2D eigenvalue weighted by atomic mass is 35.5. The molecule has 42 heavy (non-hydrogen) atoms. The topological polar surface area (TPSA) is 108 Å². The van der Waals surface area contributed by atoms with Crippen molar-refractivity contribution in [1.29, 1.82) is 0 Å². The normalized spacial score (nSPS) is 11.7. The Morgan fingerprint density at radius 1 is 0.929 bits per heavy atom. The fourth-order valence-electron chi connectivity index (χ4n) is 3.71. The molecule has 0 fully saturated rings. The number of thiazole rings is 1. The number of thioether (sulfide) groups is 1. The molecule has 7 nitrogen and oxygen atoms in total. The van der Waals surface area contributed by atoms with Gasteiger partial charge in [-0.1, -0.05) is 82.6 Å². The number of aromatic nitrogens is 1. The summed E-state index contributed by atoms with van der Waals surface area (Å²) in [7, 11) is 0. The van der Waals surface area contributed by atoms with Gasteiger partial charge in [0.05, 0.1) is 47.2 Å². The molecule has 0 aliphatic carbocycles. The number of nitrogens with one attached hydrogen (secondary N) is 2. The smallest absolute Gasteiger partial charge is 0.338 e. The summed E-state index contributed by atoms with van der Waals surface area (Å²) in [5.41, 5.74) is 0.605. The van der Waals surface area contributed by atoms with Crippen molar-refractivity contribution in [1.82, 2.24) is 4.98 Å². The van der Waals surface area contributed by atoms with E-state index in [1.54, 1.807) is 47.8 Å². The van der Waals surface area contributed by atoms with Crippen LogP contribution in [0.2, 0.25) is 30.1 Å². The third kappa shape index (κ3) is 7.29. The van der Waals surface area contributed by atoms with Crippen molar-refractivity contribution < 1.29 is 19.5 Å². The molecular weight excluding hydrogens is 707 g/mol. The van der Waals surface area contributed by atoms with Crippen molar-refractivity contribution in [2.75, 3.05) is 10.6 Å². The molecule has 3 N–H and O–H groups in total. The van der Waals surface area contributed by atoms with E-state index in [1.807, 2.05) is 6.92 Å². The zero-order chi connectivity index (χ0) is 30.7. The van der Waals surface area contributed by atoms with Crippen LogP contribution in [-0.4, -0.2) is 33.1 Å². The highest BCUT2D eigenvalue weighted by molar-refractivity contribution is 8.00. The highest BCUT2D eigenvalue weighted by Gasteiger charge is 2.29. The summed E-state index contributed by atoms with van der Waals surface area (Å²) in [5, 5.41) is 16.5. The van der Waals surface area contributed by atoms with Crippen molar-refractivity contribution in [2.24, 2.45) is 0 Å². The van der Waals surface area contributed by atoms with Crippen LogP contribution < -0.4 is 10.6 Å². The quantitative estimate of drug-likeness (QED) is 0.0901. The molecule has 3 aromatic carbocycles. The summed E-state index contributed by atoms with van der Waals surface area (Å²) in [4.78, 5) is 43.2. The molecule has 2 amide bonds. The maximum atomic E-state index is 13.1. The number of nitrogens with zero attached hydrogens (tertiary/aromatic N) is 1. The number of carboxylic acids is 1. The molecule has 0 saturated heterocycles. The Kier molecular flexibility index (Phi) is 10.9. The number of amides is 2. The number of carbonyl (C=O) groups is 3. The number of carboxylic acid groups (broad SMARTS) is 1. The van der Waals surface area contributed by atoms with Gasteiger partial charge in [0.1, 0.15) is 0 Å². The molecule has 0 saturated carbocycles. The lowest BCUT2D eigenvalue weighted by Gasteiger charge is -2.16. The molecular formula is C27H17Cl6N3O4S2. The van der Waals surface area contributed by atoms with Gasteiger partial charge in [-0.2, -0.15) is 0 Å². The van der Waals surface area contributed by atoms with Gasteiger partial charge in [0.2, 0.25) is 5.91 Å². The van der Waals surface area contributed by atoms with Crippen molar-refractivity contribution in [3.63, 3.8) is 0 Å². The summed E-state index contributed by atoms with van der Waals surface area (Å²) in [6, 6.07) is 11.8. The van der Waals surface area contributed by atoms with E-state index in [4.69, 9.17) is 69.6 Å². The van der Waals surface area contributed by atoms with E-state index in [0.717, 1.165) is 0 Å². The molecule has 218 valence electrons. The van der Waals surface area contributed by atoms with Crippen LogP contribution in [0, 0.1) is 0 Å². The Bertz CT molecular complexity index is 1720. The van der Waals surface area contributed by atoms with Gasteiger partial charge >= 0.3 is 5.97 Å². The standard InChI is InChI=1S/C27H17Cl6N3O4S2/c1-2-17(24(37)36-27-35-16(10-41-27)14-7-6-11(28)8-15(14)29)42-13-5-3-4-12(9-13)34-25(38)18-19(26(39)40)21(31)23(33)22(32)20(18)30/h3-10,17H,2H2,1H3,(H,34,38)(H,39,40)(H,35,36,37). The average molecular weight is 724 g/mol. The summed E-state index contributed by atoms with van der Waals surface area (Å²) in [5.74, 6) is -2.62. The molecule has 0 spiro atoms. The maximum absolute atomic E-state index is 13.1. The molecule has 15 heteroatoms. The summed E-state index contributed by atoms with van der Waals surface area (Å²) < 4.78 is 0. The molecule has 4 rings (SSSR count). The lowest BCUT2D eigenvalue weighted by molar-refractivity contribution is -0.115. The van der Waals surface area contributed by atoms with Crippen molar-refractivity contribution >= 4 is 121 Å². The zero-order valence-electron chi connectivity index (χ0n) is 21.1. The molecule has 1 heterocycles. The number of hydrogen-bond donors (Lipinski definition) is 3. The number of anilines is 2. The van der Waals surface area contributed by atoms with Crippen LogP contribution in [0.3, 0.4) is 0 Å². The van der Waals surface area contributed by atoms with Gasteiger partial charge in [0.25, 0.3) is 5.91 Å². The van der Waals surface area contributed by atoms with E-state index in [9.17, 15) is 19.5 Å². The van der Waals surface area contributed by atoms with Crippen molar-refractivity contribution in [3.8, 4) is 11.3 Å². The number of halogens is 6. The molecule has 0 bridgehead atoms. The third-order valence-electron chi connectivity index (χ3n) is 5.68. The van der Waals surface area contributed by atoms with Crippen LogP contribution in [0.4, 0.5) is 10.8 Å². The Labute approximate surface area is 278 Å². The lowest BCUT2D eigenvalue weighted by Crippen LogP contribution is -2.24. The molecule has 0 radical (unpaired) electrons. The highest BCUT2D eigenvalue weighted by Crippen LogP contribution is 2.42. The lowest BCUT2D eigenvalue weighted by atomic mass is 10.1. The van der Waals surface area contributed by atoms with E-state index < -0.39 is 33.3 Å². The van der Waals surface area contributed by atoms with E-state index in [-0.39, 0.29) is 21.0 Å². The maximum Gasteiger partial charge on any atom is 0.338 e. The minimum Gasteiger partial charge on any atom is -0.478 e. The largest absolute Gasteiger partial charge is 0.478 e. The number of aromatic carboxylic acids is 1. The summed E-state index contributed by atoms with van der Waals surface area (Å²) >= 11 is 39.1. The van der Waals surface area contributed by atoms with Gasteiger partial charge in [-0.05, 0) is 42.8 Å². The second kappa shape index (κ2) is 14.1. The SMILES string of the molecule is CCC(Sc1cccc(NC(=O)c2c(Cl)c(Cl)c(Cl)c(Cl)c2C(=O)O)c1)C(=O)Nc1nc(-c2ccc(Cl)cc2Cl)cs1. The van der Waals surface area contributed by atoms with Crippen LogP contribution in [0.25, 0.3) is 11.3 Å². The van der Waals surface area contributed by atoms with Crippen LogP contribution in [0.1, 0.15) is 34.1 Å². The number of hydrogen-bond acceptors (Lipinski definition) is 6. The predicted molar refractivity (Wildman–Crippen MR) is 174 cm³/mol. The predicted octanol–water partition coefficient (Wildman–Crippen LogP) is 10.2. The van der Waals surface area contributed by atoms with Crippen molar-refractivity contribution in [3.05, 3.63) is 89.1 Å². The second-order valence-electron chi connectivity index (χ2n) is 8.46. The van der Waals surface area contributed by atoms with Gasteiger partial charge < -0.3 is 15.7 Å². The first-order valence-electron chi connectivity index (χ1n) is 11.8. The van der Waals surface area contributed by atoms with E-state index in [0.29, 0.717) is 43.4 Å². The first-order chi connectivity index (χ1) is 19.9. The van der Waals surface area contributed by atoms with Crippen LogP contribution in [-0.2, 0) is 4.79 Å². The van der Waals surface area contributed by atoms with Crippen LogP contribution in [0.15, 0.2) is 52.7 Å². The van der Waals surface area contributed by atoms with Crippen LogP contribution in [0.5, 0.6) is 0 Å².